The normalized spacial score (nSPS) is 17.6. The molecule has 0 spiro atoms. The molecule has 1 fully saturated rings. The van der Waals surface area contributed by atoms with Gasteiger partial charge >= 0.3 is 0 Å². The highest BCUT2D eigenvalue weighted by atomic mass is 32.2. The molecule has 1 amide bonds. The first-order chi connectivity index (χ1) is 15.9. The van der Waals surface area contributed by atoms with E-state index < -0.39 is 10.0 Å². The standard InChI is InChI=1S/C25H30N4O3S/c1-3-33(31,32)29-14-6-7-21(18-29)25(30)27-26-15-22-17-28(24-9-5-4-8-23(22)24)16-20-12-10-19(2)11-13-20/h4-5,8-13,15,17,21H,3,6-7,14,16,18H2,1-2H3,(H,27,30)/b26-15-/t21-/m0/s1. The molecule has 3 aromatic rings. The van der Waals surface area contributed by atoms with E-state index in [1.54, 1.807) is 13.1 Å². The minimum absolute atomic E-state index is 0.0478. The SMILES string of the molecule is CCS(=O)(=O)N1CCC[C@H](C(=O)N/N=C\c2cn(Cc3ccc(C)cc3)c3ccccc23)C1. The fourth-order valence-corrected chi connectivity index (χ4v) is 5.43. The van der Waals surface area contributed by atoms with Gasteiger partial charge in [0.15, 0.2) is 0 Å². The van der Waals surface area contributed by atoms with Crippen molar-refractivity contribution in [3.63, 3.8) is 0 Å². The van der Waals surface area contributed by atoms with Crippen molar-refractivity contribution in [1.29, 1.82) is 0 Å². The Bertz CT molecular complexity index is 1260. The third-order valence-electron chi connectivity index (χ3n) is 6.18. The van der Waals surface area contributed by atoms with E-state index in [4.69, 9.17) is 0 Å². The molecule has 174 valence electrons. The van der Waals surface area contributed by atoms with Gasteiger partial charge in [-0.25, -0.2) is 18.1 Å². The van der Waals surface area contributed by atoms with Crippen LogP contribution in [0.5, 0.6) is 0 Å². The van der Waals surface area contributed by atoms with Gasteiger partial charge in [0.25, 0.3) is 0 Å². The summed E-state index contributed by atoms with van der Waals surface area (Å²) < 4.78 is 27.9. The lowest BCUT2D eigenvalue weighted by molar-refractivity contribution is -0.126. The van der Waals surface area contributed by atoms with Crippen molar-refractivity contribution in [1.82, 2.24) is 14.3 Å². The Balaban J connectivity index is 1.47. The zero-order chi connectivity index (χ0) is 23.4. The van der Waals surface area contributed by atoms with E-state index in [1.165, 1.54) is 15.4 Å². The number of hydrazone groups is 1. The summed E-state index contributed by atoms with van der Waals surface area (Å²) in [5.74, 6) is -0.586. The van der Waals surface area contributed by atoms with Crippen LogP contribution in [-0.4, -0.2) is 48.3 Å². The van der Waals surface area contributed by atoms with Crippen LogP contribution in [0.4, 0.5) is 0 Å². The van der Waals surface area contributed by atoms with Gasteiger partial charge in [-0.15, -0.1) is 0 Å². The van der Waals surface area contributed by atoms with Gasteiger partial charge in [-0.1, -0.05) is 48.0 Å². The zero-order valence-electron chi connectivity index (χ0n) is 19.1. The lowest BCUT2D eigenvalue weighted by atomic mass is 9.99. The van der Waals surface area contributed by atoms with Gasteiger partial charge in [0, 0.05) is 42.3 Å². The van der Waals surface area contributed by atoms with Gasteiger partial charge in [0.2, 0.25) is 15.9 Å². The van der Waals surface area contributed by atoms with E-state index in [0.29, 0.717) is 19.4 Å². The van der Waals surface area contributed by atoms with Crippen molar-refractivity contribution in [3.05, 3.63) is 71.4 Å². The number of nitrogens with zero attached hydrogens (tertiary/aromatic N) is 3. The van der Waals surface area contributed by atoms with Crippen LogP contribution in [0, 0.1) is 12.8 Å². The second-order valence-electron chi connectivity index (χ2n) is 8.55. The Labute approximate surface area is 195 Å². The molecular formula is C25H30N4O3S. The molecule has 33 heavy (non-hydrogen) atoms. The summed E-state index contributed by atoms with van der Waals surface area (Å²) in [5.41, 5.74) is 7.07. The van der Waals surface area contributed by atoms with E-state index in [9.17, 15) is 13.2 Å². The second-order valence-corrected chi connectivity index (χ2v) is 10.8. The lowest BCUT2D eigenvalue weighted by Gasteiger charge is -2.30. The first kappa shape index (κ1) is 23.2. The molecule has 8 heteroatoms. The number of amides is 1. The maximum absolute atomic E-state index is 12.6. The highest BCUT2D eigenvalue weighted by Crippen LogP contribution is 2.22. The molecule has 2 aromatic carbocycles. The Kier molecular flexibility index (Phi) is 6.95. The van der Waals surface area contributed by atoms with E-state index >= 15 is 0 Å². The number of aryl methyl sites for hydroxylation is 1. The molecule has 0 bridgehead atoms. The molecule has 4 rings (SSSR count). The number of hydrogen-bond donors (Lipinski definition) is 1. The van der Waals surface area contributed by atoms with E-state index in [2.05, 4.69) is 52.3 Å². The summed E-state index contributed by atoms with van der Waals surface area (Å²) >= 11 is 0. The van der Waals surface area contributed by atoms with Gasteiger partial charge in [0.1, 0.15) is 0 Å². The number of rotatable bonds is 7. The first-order valence-corrected chi connectivity index (χ1v) is 12.9. The third-order valence-corrected chi connectivity index (χ3v) is 8.03. The summed E-state index contributed by atoms with van der Waals surface area (Å²) in [5, 5.41) is 5.26. The minimum Gasteiger partial charge on any atom is -0.342 e. The van der Waals surface area contributed by atoms with E-state index in [-0.39, 0.29) is 24.1 Å². The average Bonchev–Trinajstić information content (AvgIpc) is 3.18. The average molecular weight is 467 g/mol. The molecule has 7 nitrogen and oxygen atoms in total. The Hall–Kier alpha value is -2.97. The predicted molar refractivity (Wildman–Crippen MR) is 132 cm³/mol. The molecule has 0 saturated carbocycles. The molecular weight excluding hydrogens is 436 g/mol. The van der Waals surface area contributed by atoms with Crippen LogP contribution in [0.2, 0.25) is 0 Å². The van der Waals surface area contributed by atoms with E-state index in [1.807, 2.05) is 24.4 Å². The Morgan fingerprint density at radius 3 is 2.70 bits per heavy atom. The summed E-state index contributed by atoms with van der Waals surface area (Å²) in [6.45, 7) is 5.13. The quantitative estimate of drug-likeness (QED) is 0.427. The fourth-order valence-electron chi connectivity index (χ4n) is 4.25. The van der Waals surface area contributed by atoms with Crippen molar-refractivity contribution in [3.8, 4) is 0 Å². The van der Waals surface area contributed by atoms with Gasteiger partial charge in [-0.05, 0) is 38.3 Å². The van der Waals surface area contributed by atoms with Crippen LogP contribution in [0.1, 0.15) is 36.5 Å². The summed E-state index contributed by atoms with van der Waals surface area (Å²) in [7, 11) is -3.29. The topological polar surface area (TPSA) is 83.8 Å². The number of hydrogen-bond acceptors (Lipinski definition) is 4. The van der Waals surface area contributed by atoms with Crippen LogP contribution in [0.3, 0.4) is 0 Å². The fraction of sp³-hybridized carbons (Fsp3) is 0.360. The monoisotopic (exact) mass is 466 g/mol. The number of piperidine rings is 1. The number of sulfonamides is 1. The van der Waals surface area contributed by atoms with Crippen molar-refractivity contribution in [2.75, 3.05) is 18.8 Å². The highest BCUT2D eigenvalue weighted by Gasteiger charge is 2.31. The zero-order valence-corrected chi connectivity index (χ0v) is 19.9. The molecule has 1 N–H and O–H groups in total. The molecule has 0 aliphatic carbocycles. The molecule has 1 aromatic heterocycles. The summed E-state index contributed by atoms with van der Waals surface area (Å²) in [6, 6.07) is 16.6. The minimum atomic E-state index is -3.29. The van der Waals surface area contributed by atoms with Crippen LogP contribution < -0.4 is 5.43 Å². The van der Waals surface area contributed by atoms with Crippen LogP contribution >= 0.6 is 0 Å². The van der Waals surface area contributed by atoms with Crippen LogP contribution in [-0.2, 0) is 21.4 Å². The van der Waals surface area contributed by atoms with Gasteiger partial charge in [-0.2, -0.15) is 5.10 Å². The van der Waals surface area contributed by atoms with Crippen LogP contribution in [0.25, 0.3) is 10.9 Å². The summed E-state index contributed by atoms with van der Waals surface area (Å²) in [6.07, 6.45) is 5.03. The smallest absolute Gasteiger partial charge is 0.244 e. The predicted octanol–water partition coefficient (Wildman–Crippen LogP) is 3.51. The van der Waals surface area contributed by atoms with Crippen molar-refractivity contribution in [2.45, 2.75) is 33.2 Å². The number of para-hydroxylation sites is 1. The number of carbonyl (C=O) groups excluding carboxylic acids is 1. The molecule has 0 unspecified atom stereocenters. The Morgan fingerprint density at radius 1 is 1.18 bits per heavy atom. The number of nitrogens with one attached hydrogen (secondary N) is 1. The number of aromatic nitrogens is 1. The molecule has 0 radical (unpaired) electrons. The van der Waals surface area contributed by atoms with Gasteiger partial charge in [0.05, 0.1) is 17.9 Å². The van der Waals surface area contributed by atoms with Crippen molar-refractivity contribution >= 4 is 33.0 Å². The number of carbonyl (C=O) groups is 1. The van der Waals surface area contributed by atoms with Crippen LogP contribution in [0.15, 0.2) is 59.8 Å². The van der Waals surface area contributed by atoms with E-state index in [0.717, 1.165) is 23.0 Å². The third kappa shape index (κ3) is 5.34. The highest BCUT2D eigenvalue weighted by molar-refractivity contribution is 7.89. The molecule has 1 atom stereocenters. The number of fused-ring (bicyclic) bond motifs is 1. The first-order valence-electron chi connectivity index (χ1n) is 11.3. The van der Waals surface area contributed by atoms with Crippen molar-refractivity contribution < 1.29 is 13.2 Å². The molecule has 1 aliphatic rings. The maximum atomic E-state index is 12.6. The molecule has 1 aliphatic heterocycles. The number of benzene rings is 2. The Morgan fingerprint density at radius 2 is 1.94 bits per heavy atom. The molecule has 1 saturated heterocycles. The maximum Gasteiger partial charge on any atom is 0.244 e. The molecule has 2 heterocycles. The second kappa shape index (κ2) is 9.89. The van der Waals surface area contributed by atoms with Crippen molar-refractivity contribution in [2.24, 2.45) is 11.0 Å². The largest absolute Gasteiger partial charge is 0.342 e. The lowest BCUT2D eigenvalue weighted by Crippen LogP contribution is -2.45. The van der Waals surface area contributed by atoms with Gasteiger partial charge in [-0.3, -0.25) is 4.79 Å². The summed E-state index contributed by atoms with van der Waals surface area (Å²) in [4.78, 5) is 12.6. The van der Waals surface area contributed by atoms with Gasteiger partial charge < -0.3 is 4.57 Å².